The van der Waals surface area contributed by atoms with Crippen LogP contribution in [0.25, 0.3) is 10.9 Å². The van der Waals surface area contributed by atoms with Crippen molar-refractivity contribution in [1.29, 1.82) is 0 Å². The Morgan fingerprint density at radius 2 is 2.20 bits per heavy atom. The molecule has 0 radical (unpaired) electrons. The van der Waals surface area contributed by atoms with Crippen LogP contribution >= 0.6 is 0 Å². The molecule has 0 amide bonds. The third-order valence-electron chi connectivity index (χ3n) is 2.40. The van der Waals surface area contributed by atoms with Gasteiger partial charge in [-0.1, -0.05) is 19.1 Å². The van der Waals surface area contributed by atoms with Gasteiger partial charge in [0.05, 0.1) is 0 Å². The summed E-state index contributed by atoms with van der Waals surface area (Å²) in [4.78, 5) is 4.17. The maximum absolute atomic E-state index is 9.64. The number of pyridine rings is 1. The zero-order valence-corrected chi connectivity index (χ0v) is 8.70. The molecule has 0 spiro atoms. The molecule has 0 atom stereocenters. The number of aromatic nitrogens is 1. The number of phenolic OH excluding ortho intramolecular Hbond substituents is 1. The number of nitrogens with zero attached hydrogens (tertiary/aromatic N) is 1. The van der Waals surface area contributed by atoms with Crippen molar-refractivity contribution in [2.45, 2.75) is 13.5 Å². The molecule has 1 aromatic carbocycles. The Morgan fingerprint density at radius 1 is 1.33 bits per heavy atom. The highest BCUT2D eigenvalue weighted by molar-refractivity contribution is 5.87. The molecule has 0 aliphatic rings. The van der Waals surface area contributed by atoms with Gasteiger partial charge in [-0.15, -0.1) is 0 Å². The zero-order chi connectivity index (χ0) is 10.7. The molecule has 78 valence electrons. The summed E-state index contributed by atoms with van der Waals surface area (Å²) in [5.41, 5.74) is 1.84. The summed E-state index contributed by atoms with van der Waals surface area (Å²) >= 11 is 0. The van der Waals surface area contributed by atoms with Crippen molar-refractivity contribution < 1.29 is 5.11 Å². The van der Waals surface area contributed by atoms with Crippen LogP contribution in [0.15, 0.2) is 30.5 Å². The lowest BCUT2D eigenvalue weighted by molar-refractivity contribution is 0.480. The van der Waals surface area contributed by atoms with E-state index >= 15 is 0 Å². The van der Waals surface area contributed by atoms with Gasteiger partial charge < -0.3 is 10.4 Å². The van der Waals surface area contributed by atoms with Crippen LogP contribution in [0.1, 0.15) is 12.5 Å². The van der Waals surface area contributed by atoms with Crippen LogP contribution in [0.4, 0.5) is 0 Å². The second-order valence-electron chi connectivity index (χ2n) is 3.42. The van der Waals surface area contributed by atoms with Gasteiger partial charge in [-0.25, -0.2) is 0 Å². The lowest BCUT2D eigenvalue weighted by atomic mass is 10.1. The van der Waals surface area contributed by atoms with Gasteiger partial charge in [-0.2, -0.15) is 0 Å². The highest BCUT2D eigenvalue weighted by Gasteiger charge is 2.04. The van der Waals surface area contributed by atoms with Gasteiger partial charge in [0.15, 0.2) is 0 Å². The summed E-state index contributed by atoms with van der Waals surface area (Å²) in [7, 11) is 0. The number of hydrogen-bond donors (Lipinski definition) is 2. The van der Waals surface area contributed by atoms with Gasteiger partial charge in [0.1, 0.15) is 11.3 Å². The van der Waals surface area contributed by atoms with Gasteiger partial charge in [0, 0.05) is 18.1 Å². The molecule has 2 rings (SSSR count). The van der Waals surface area contributed by atoms with E-state index in [1.54, 1.807) is 12.3 Å². The topological polar surface area (TPSA) is 45.1 Å². The molecule has 0 aliphatic heterocycles. The molecule has 2 N–H and O–H groups in total. The van der Waals surface area contributed by atoms with Crippen LogP contribution in [0, 0.1) is 0 Å². The van der Waals surface area contributed by atoms with Crippen LogP contribution in [0.5, 0.6) is 5.75 Å². The number of benzene rings is 1. The van der Waals surface area contributed by atoms with E-state index in [1.165, 1.54) is 0 Å². The first-order valence-corrected chi connectivity index (χ1v) is 5.09. The molecular weight excluding hydrogens is 188 g/mol. The molecule has 0 fully saturated rings. The summed E-state index contributed by atoms with van der Waals surface area (Å²) in [5.74, 6) is 0.242. The van der Waals surface area contributed by atoms with Crippen LogP contribution < -0.4 is 5.32 Å². The fourth-order valence-electron chi connectivity index (χ4n) is 1.63. The smallest absolute Gasteiger partial charge is 0.141 e. The van der Waals surface area contributed by atoms with Gasteiger partial charge in [-0.05, 0) is 24.2 Å². The van der Waals surface area contributed by atoms with Crippen LogP contribution in [0.2, 0.25) is 0 Å². The first-order chi connectivity index (χ1) is 7.33. The lowest BCUT2D eigenvalue weighted by Gasteiger charge is -2.07. The second-order valence-corrected chi connectivity index (χ2v) is 3.42. The quantitative estimate of drug-likeness (QED) is 0.800. The second kappa shape index (κ2) is 4.28. The molecule has 3 nitrogen and oxygen atoms in total. The van der Waals surface area contributed by atoms with Gasteiger partial charge >= 0.3 is 0 Å². The van der Waals surface area contributed by atoms with E-state index < -0.39 is 0 Å². The molecule has 15 heavy (non-hydrogen) atoms. The number of hydrogen-bond acceptors (Lipinski definition) is 3. The fourth-order valence-corrected chi connectivity index (χ4v) is 1.63. The highest BCUT2D eigenvalue weighted by Crippen LogP contribution is 2.25. The Balaban J connectivity index is 2.51. The Bertz CT molecular complexity index is 468. The molecule has 0 aliphatic carbocycles. The van der Waals surface area contributed by atoms with Crippen LogP contribution in [-0.2, 0) is 6.54 Å². The monoisotopic (exact) mass is 202 g/mol. The molecule has 0 bridgehead atoms. The maximum Gasteiger partial charge on any atom is 0.141 e. The number of phenols is 1. The third-order valence-corrected chi connectivity index (χ3v) is 2.40. The van der Waals surface area contributed by atoms with Crippen molar-refractivity contribution in [3.8, 4) is 5.75 Å². The fraction of sp³-hybridized carbons (Fsp3) is 0.250. The maximum atomic E-state index is 9.64. The Kier molecular flexibility index (Phi) is 2.83. The molecule has 0 saturated heterocycles. The molecule has 1 aromatic heterocycles. The van der Waals surface area contributed by atoms with Crippen LogP contribution in [-0.4, -0.2) is 16.6 Å². The molecule has 2 aromatic rings. The minimum atomic E-state index is 0.242. The van der Waals surface area contributed by atoms with Gasteiger partial charge in [0.25, 0.3) is 0 Å². The molecular formula is C12H14N2O. The first kappa shape index (κ1) is 9.93. The SMILES string of the molecule is CCNCc1ccc(O)c2ncccc12. The molecule has 1 heterocycles. The van der Waals surface area contributed by atoms with Crippen molar-refractivity contribution in [1.82, 2.24) is 10.3 Å². The van der Waals surface area contributed by atoms with Crippen molar-refractivity contribution in [3.05, 3.63) is 36.0 Å². The third kappa shape index (κ3) is 1.92. The van der Waals surface area contributed by atoms with Crippen molar-refractivity contribution in [2.75, 3.05) is 6.54 Å². The number of fused-ring (bicyclic) bond motifs is 1. The van der Waals surface area contributed by atoms with Crippen LogP contribution in [0.3, 0.4) is 0 Å². The summed E-state index contributed by atoms with van der Waals surface area (Å²) in [6.07, 6.45) is 1.69. The number of nitrogens with one attached hydrogen (secondary N) is 1. The van der Waals surface area contributed by atoms with E-state index in [0.29, 0.717) is 5.52 Å². The summed E-state index contributed by atoms with van der Waals surface area (Å²) < 4.78 is 0. The summed E-state index contributed by atoms with van der Waals surface area (Å²) in [5, 5.41) is 13.9. The van der Waals surface area contributed by atoms with E-state index in [0.717, 1.165) is 24.0 Å². The Labute approximate surface area is 88.8 Å². The van der Waals surface area contributed by atoms with E-state index in [1.807, 2.05) is 18.2 Å². The minimum absolute atomic E-state index is 0.242. The average Bonchev–Trinajstić information content (AvgIpc) is 2.29. The molecule has 0 unspecified atom stereocenters. The normalized spacial score (nSPS) is 10.7. The Morgan fingerprint density at radius 3 is 3.00 bits per heavy atom. The van der Waals surface area contributed by atoms with Crippen molar-refractivity contribution in [2.24, 2.45) is 0 Å². The standard InChI is InChI=1S/C12H14N2O/c1-2-13-8-9-5-6-11(15)12-10(9)4-3-7-14-12/h3-7,13,15H,2,8H2,1H3. The first-order valence-electron chi connectivity index (χ1n) is 5.09. The average molecular weight is 202 g/mol. The molecule has 3 heteroatoms. The summed E-state index contributed by atoms with van der Waals surface area (Å²) in [6, 6.07) is 7.50. The van der Waals surface area contributed by atoms with Gasteiger partial charge in [-0.3, -0.25) is 4.98 Å². The Hall–Kier alpha value is -1.61. The summed E-state index contributed by atoms with van der Waals surface area (Å²) in [6.45, 7) is 3.81. The lowest BCUT2D eigenvalue weighted by Crippen LogP contribution is -2.11. The van der Waals surface area contributed by atoms with Crippen molar-refractivity contribution in [3.63, 3.8) is 0 Å². The number of rotatable bonds is 3. The highest BCUT2D eigenvalue weighted by atomic mass is 16.3. The predicted octanol–water partition coefficient (Wildman–Crippen LogP) is 2.05. The van der Waals surface area contributed by atoms with Crippen molar-refractivity contribution >= 4 is 10.9 Å². The number of aromatic hydroxyl groups is 1. The van der Waals surface area contributed by atoms with E-state index in [2.05, 4.69) is 17.2 Å². The van der Waals surface area contributed by atoms with Gasteiger partial charge in [0.2, 0.25) is 0 Å². The van der Waals surface area contributed by atoms with E-state index in [4.69, 9.17) is 0 Å². The largest absolute Gasteiger partial charge is 0.506 e. The molecule has 0 saturated carbocycles. The minimum Gasteiger partial charge on any atom is -0.506 e. The van der Waals surface area contributed by atoms with E-state index in [9.17, 15) is 5.11 Å². The predicted molar refractivity (Wildman–Crippen MR) is 60.8 cm³/mol. The zero-order valence-electron chi connectivity index (χ0n) is 8.70. The van der Waals surface area contributed by atoms with E-state index in [-0.39, 0.29) is 5.75 Å².